The van der Waals surface area contributed by atoms with Gasteiger partial charge in [0, 0.05) is 46.9 Å². The topological polar surface area (TPSA) is 163 Å². The average molecular weight is 1320 g/mol. The summed E-state index contributed by atoms with van der Waals surface area (Å²) in [6.45, 7) is 11.2. The summed E-state index contributed by atoms with van der Waals surface area (Å²) in [5, 5.41) is 18.5. The number of amides is 1. The third-order valence-electron chi connectivity index (χ3n) is 16.3. The lowest BCUT2D eigenvalue weighted by Gasteiger charge is -2.24. The number of nitriles is 1. The zero-order chi connectivity index (χ0) is 66.1. The number of hydrogen-bond acceptors (Lipinski definition) is 11. The van der Waals surface area contributed by atoms with Crippen molar-refractivity contribution in [3.8, 4) is 40.1 Å². The van der Waals surface area contributed by atoms with Gasteiger partial charge in [0.15, 0.2) is 0 Å². The summed E-state index contributed by atoms with van der Waals surface area (Å²) < 4.78 is 81.8. The fourth-order valence-electron chi connectivity index (χ4n) is 12.1. The van der Waals surface area contributed by atoms with Crippen molar-refractivity contribution < 1.29 is 40.7 Å². The summed E-state index contributed by atoms with van der Waals surface area (Å²) in [5.74, 6) is -1.64. The monoisotopic (exact) mass is 1320 g/mol. The first-order chi connectivity index (χ1) is 46.2. The van der Waals surface area contributed by atoms with E-state index in [4.69, 9.17) is 19.4 Å². The molecule has 13 nitrogen and oxygen atoms in total. The number of Topliss-reactive ketones (excluding diaryl/α,β-unsaturated/α-hetero) is 1. The minimum Gasteiger partial charge on any atom is -0.494 e. The van der Waals surface area contributed by atoms with Gasteiger partial charge in [-0.2, -0.15) is 18.4 Å². The normalized spacial score (nSPS) is 12.3. The van der Waals surface area contributed by atoms with Crippen LogP contribution in [-0.4, -0.2) is 83.7 Å². The Morgan fingerprint density at radius 1 is 0.579 bits per heavy atom. The van der Waals surface area contributed by atoms with Crippen molar-refractivity contribution in [2.45, 2.75) is 51.0 Å². The molecule has 0 spiro atoms. The minimum atomic E-state index is -5.61. The van der Waals surface area contributed by atoms with Crippen LogP contribution in [0.5, 0.6) is 11.5 Å². The van der Waals surface area contributed by atoms with Crippen LogP contribution < -0.4 is 47.3 Å². The smallest absolute Gasteiger partial charge is 0.494 e. The zero-order valence-corrected chi connectivity index (χ0v) is 54.0. The van der Waals surface area contributed by atoms with E-state index >= 15 is 0 Å². The number of fused-ring (bicyclic) bond motifs is 3. The molecule has 4 aromatic heterocycles. The largest absolute Gasteiger partial charge is 0.497 e. The lowest BCUT2D eigenvalue weighted by molar-refractivity contribution is -0.121. The van der Waals surface area contributed by atoms with Gasteiger partial charge in [-0.25, -0.2) is 23.2 Å². The van der Waals surface area contributed by atoms with Crippen LogP contribution in [0.25, 0.3) is 69.8 Å². The Kier molecular flexibility index (Phi) is 19.7. The van der Waals surface area contributed by atoms with E-state index in [1.807, 2.05) is 177 Å². The molecule has 0 fully saturated rings. The van der Waals surface area contributed by atoms with E-state index in [0.29, 0.717) is 103 Å². The number of nitrogens with zero attached hydrogens (tertiary/aromatic N) is 6. The second kappa shape index (κ2) is 28.9. The third kappa shape index (κ3) is 13.9. The Morgan fingerprint density at radius 2 is 0.989 bits per heavy atom. The fraction of sp³-hybridized carbons (Fsp3) is 0.162. The average Bonchev–Trinajstić information content (AvgIpc) is 1.52. The zero-order valence-electron chi connectivity index (χ0n) is 51.5. The van der Waals surface area contributed by atoms with Crippen LogP contribution in [-0.2, 0) is 19.4 Å². The van der Waals surface area contributed by atoms with Crippen molar-refractivity contribution >= 4 is 122 Å². The summed E-state index contributed by atoms with van der Waals surface area (Å²) in [5.41, 5.74) is 2.65. The Bertz CT molecular complexity index is 4850. The standard InChI is InChI=1S/C74H60B2F3N7O6S3/c1-3-82-64(88)37-21-23-47-92-58-44-40-51(41-45-58)69-66-65(70(59(48-80)72-83-60-33-16-18-35-62(60)93-72)85(69)75(52-24-8-4-9-25-52)53-26-10-5-11-27-53)68(50-38-42-57(43-39-50)91-46-22-20-32-56(87)49-95(89,90)74(77,78)79)86(76(54-28-12-6-13-29-54)55-30-14-7-15-31-55)71(66)67(81-2)73-84-61-34-17-19-36-63(61)94-73/h4-19,24-31,33-36,38-45H,3,20-23,32,37,46-47,49H2,1H3,(H,82,88)/b70-59-,71-67+. The molecule has 95 heavy (non-hydrogen) atoms. The van der Waals surface area contributed by atoms with Gasteiger partial charge in [-0.15, -0.1) is 22.7 Å². The van der Waals surface area contributed by atoms with E-state index in [1.54, 1.807) is 0 Å². The third-order valence-corrected chi connectivity index (χ3v) is 19.9. The van der Waals surface area contributed by atoms with Crippen molar-refractivity contribution in [3.05, 3.63) is 251 Å². The summed E-state index contributed by atoms with van der Waals surface area (Å²) in [6, 6.07) is 74.2. The number of carbonyl (C=O) groups excluding carboxylic acids is 2. The molecule has 472 valence electrons. The van der Waals surface area contributed by atoms with Crippen LogP contribution in [0.15, 0.2) is 218 Å². The van der Waals surface area contributed by atoms with Crippen LogP contribution in [0.1, 0.15) is 55.5 Å². The molecule has 8 aromatic carbocycles. The van der Waals surface area contributed by atoms with Crippen molar-refractivity contribution in [1.29, 1.82) is 5.26 Å². The van der Waals surface area contributed by atoms with E-state index in [-0.39, 0.29) is 43.0 Å². The highest BCUT2D eigenvalue weighted by atomic mass is 32.2. The molecule has 1 N–H and O–H groups in total. The molecule has 0 aliphatic carbocycles. The number of rotatable bonds is 25. The number of benzene rings is 8. The maximum atomic E-state index is 13.1. The number of aromatic nitrogens is 4. The van der Waals surface area contributed by atoms with E-state index in [0.717, 1.165) is 36.8 Å². The second-order valence-corrected chi connectivity index (χ2v) is 26.7. The van der Waals surface area contributed by atoms with Gasteiger partial charge in [0.05, 0.1) is 45.6 Å². The predicted molar refractivity (Wildman–Crippen MR) is 375 cm³/mol. The van der Waals surface area contributed by atoms with Gasteiger partial charge in [-0.3, -0.25) is 9.59 Å². The number of unbranched alkanes of at least 4 members (excludes halogenated alkanes) is 2. The first kappa shape index (κ1) is 64.8. The number of ether oxygens (including phenoxy) is 2. The van der Waals surface area contributed by atoms with Crippen LogP contribution in [0.4, 0.5) is 13.2 Å². The number of halogens is 3. The Balaban J connectivity index is 1.21. The van der Waals surface area contributed by atoms with Crippen molar-refractivity contribution in [1.82, 2.24) is 24.2 Å². The molecule has 0 aliphatic rings. The molecule has 4 heterocycles. The van der Waals surface area contributed by atoms with Gasteiger partial charge < -0.3 is 23.7 Å². The quantitative estimate of drug-likeness (QED) is 0.0333. The van der Waals surface area contributed by atoms with Crippen LogP contribution in [0, 0.1) is 17.9 Å². The molecule has 1 amide bonds. The first-order valence-corrected chi connectivity index (χ1v) is 34.3. The molecular formula is C74H60B2F3N7O6S3. The predicted octanol–water partition coefficient (Wildman–Crippen LogP) is 11.8. The van der Waals surface area contributed by atoms with Gasteiger partial charge in [0.1, 0.15) is 44.7 Å². The molecule has 0 saturated carbocycles. The lowest BCUT2D eigenvalue weighted by atomic mass is 9.50. The van der Waals surface area contributed by atoms with E-state index in [1.165, 1.54) is 22.7 Å². The lowest BCUT2D eigenvalue weighted by Crippen LogP contribution is -2.54. The molecule has 0 radical (unpaired) electrons. The first-order valence-electron chi connectivity index (χ1n) is 31.0. The molecule has 12 rings (SSSR count). The Hall–Kier alpha value is -10.3. The summed E-state index contributed by atoms with van der Waals surface area (Å²) in [7, 11) is -5.61. The number of para-hydroxylation sites is 2. The van der Waals surface area contributed by atoms with Crippen molar-refractivity contribution in [3.63, 3.8) is 0 Å². The number of carbonyl (C=O) groups is 2. The molecule has 0 unspecified atom stereocenters. The maximum absolute atomic E-state index is 13.1. The number of alkyl halides is 3. The molecular weight excluding hydrogens is 1260 g/mol. The van der Waals surface area contributed by atoms with Gasteiger partial charge in [-0.1, -0.05) is 167 Å². The van der Waals surface area contributed by atoms with Crippen molar-refractivity contribution in [2.24, 2.45) is 0 Å². The van der Waals surface area contributed by atoms with E-state index < -0.39 is 40.6 Å². The second-order valence-electron chi connectivity index (χ2n) is 22.6. The highest BCUT2D eigenvalue weighted by Gasteiger charge is 2.46. The summed E-state index contributed by atoms with van der Waals surface area (Å²) >= 11 is 2.82. The molecule has 0 atom stereocenters. The number of ketones is 1. The summed E-state index contributed by atoms with van der Waals surface area (Å²) in [6.07, 6.45) is 1.62. The molecule has 0 bridgehead atoms. The van der Waals surface area contributed by atoms with E-state index in [9.17, 15) is 43.0 Å². The highest BCUT2D eigenvalue weighted by molar-refractivity contribution is 7.92. The summed E-state index contributed by atoms with van der Waals surface area (Å²) in [4.78, 5) is 40.0. The Labute approximate surface area is 556 Å². The SMILES string of the molecule is [C-]#[N+]/C(c1nc2ccccc2s1)=c1\c2c(-c3ccc(OCCCCC(=O)NCC)cc3)n(B(c3ccccc3)c3ccccc3)/c(=C(/C#N)c3nc4ccccc4s3)c2c(-c2ccc(OCCCCC(=O)CS(=O)(=O)C(F)(F)F)cc2)n1B(c1ccccc1)c1ccccc1. The maximum Gasteiger partial charge on any atom is 0.497 e. The van der Waals surface area contributed by atoms with Gasteiger partial charge in [0.2, 0.25) is 11.6 Å². The van der Waals surface area contributed by atoms with Crippen LogP contribution >= 0.6 is 22.7 Å². The molecule has 12 aromatic rings. The number of hydrogen-bond donors (Lipinski definition) is 1. The van der Waals surface area contributed by atoms with Crippen LogP contribution in [0.2, 0.25) is 0 Å². The number of nitrogens with one attached hydrogen (secondary N) is 1. The highest BCUT2D eigenvalue weighted by Crippen LogP contribution is 2.39. The number of sulfone groups is 1. The van der Waals surface area contributed by atoms with Gasteiger partial charge in [0.25, 0.3) is 9.84 Å². The molecule has 0 aliphatic heterocycles. The number of thiazole rings is 2. The minimum absolute atomic E-state index is 0.00729. The van der Waals surface area contributed by atoms with Crippen molar-refractivity contribution in [2.75, 3.05) is 25.5 Å². The van der Waals surface area contributed by atoms with Gasteiger partial charge in [-0.05, 0) is 117 Å². The molecule has 0 saturated heterocycles. The Morgan fingerprint density at radius 3 is 1.42 bits per heavy atom. The molecule has 21 heteroatoms. The fourth-order valence-corrected chi connectivity index (χ4v) is 14.8. The van der Waals surface area contributed by atoms with Crippen LogP contribution in [0.3, 0.4) is 0 Å². The van der Waals surface area contributed by atoms with E-state index in [2.05, 4.69) is 73.7 Å². The van der Waals surface area contributed by atoms with Gasteiger partial charge >= 0.3 is 19.2 Å².